The quantitative estimate of drug-likeness (QED) is 0.677. The van der Waals surface area contributed by atoms with Gasteiger partial charge in [0.15, 0.2) is 11.5 Å². The molecule has 0 atom stereocenters. The molecule has 0 fully saturated rings. The Morgan fingerprint density at radius 1 is 0.967 bits per heavy atom. The molecule has 2 aromatic rings. The van der Waals surface area contributed by atoms with Crippen molar-refractivity contribution in [2.75, 3.05) is 45.8 Å². The van der Waals surface area contributed by atoms with Crippen LogP contribution in [0.1, 0.15) is 25.0 Å². The van der Waals surface area contributed by atoms with Crippen molar-refractivity contribution in [3.05, 3.63) is 41.5 Å². The lowest BCUT2D eigenvalue weighted by atomic mass is 9.98. The molecule has 0 radical (unpaired) electrons. The number of methoxy groups -OCH3 is 2. The number of nitrogens with one attached hydrogen (secondary N) is 1. The summed E-state index contributed by atoms with van der Waals surface area (Å²) in [5, 5.41) is 2.94. The number of anilines is 1. The highest BCUT2D eigenvalue weighted by molar-refractivity contribution is 5.93. The van der Waals surface area contributed by atoms with Crippen molar-refractivity contribution in [2.45, 2.75) is 26.8 Å². The van der Waals surface area contributed by atoms with Gasteiger partial charge in [-0.1, -0.05) is 0 Å². The van der Waals surface area contributed by atoms with Gasteiger partial charge in [0, 0.05) is 19.2 Å². The van der Waals surface area contributed by atoms with E-state index in [2.05, 4.69) is 16.3 Å². The Labute approximate surface area is 177 Å². The van der Waals surface area contributed by atoms with Crippen LogP contribution in [0.15, 0.2) is 30.3 Å². The highest BCUT2D eigenvalue weighted by Crippen LogP contribution is 2.34. The predicted octanol–water partition coefficient (Wildman–Crippen LogP) is 3.50. The van der Waals surface area contributed by atoms with Crippen molar-refractivity contribution in [3.63, 3.8) is 0 Å². The van der Waals surface area contributed by atoms with Gasteiger partial charge in [0.2, 0.25) is 5.91 Å². The molecule has 1 aliphatic heterocycles. The van der Waals surface area contributed by atoms with Gasteiger partial charge in [0.05, 0.1) is 39.7 Å². The minimum absolute atomic E-state index is 0.0853. The second-order valence-corrected chi connectivity index (χ2v) is 7.01. The molecular formula is C23H30N2O5. The number of fused-ring (bicyclic) bond motifs is 1. The van der Waals surface area contributed by atoms with Gasteiger partial charge in [0.1, 0.15) is 11.5 Å². The average molecular weight is 415 g/mol. The number of amides is 1. The molecular weight excluding hydrogens is 384 g/mol. The maximum atomic E-state index is 12.6. The first-order valence-corrected chi connectivity index (χ1v) is 10.2. The van der Waals surface area contributed by atoms with E-state index in [-0.39, 0.29) is 5.91 Å². The van der Waals surface area contributed by atoms with E-state index in [4.69, 9.17) is 18.9 Å². The lowest BCUT2D eigenvalue weighted by molar-refractivity contribution is -0.117. The van der Waals surface area contributed by atoms with Gasteiger partial charge < -0.3 is 24.3 Å². The van der Waals surface area contributed by atoms with Crippen molar-refractivity contribution in [3.8, 4) is 23.0 Å². The van der Waals surface area contributed by atoms with Crippen LogP contribution in [0.2, 0.25) is 0 Å². The number of rotatable bonds is 9. The molecule has 0 spiro atoms. The number of ether oxygens (including phenoxy) is 4. The zero-order chi connectivity index (χ0) is 21.5. The van der Waals surface area contributed by atoms with Crippen molar-refractivity contribution >= 4 is 11.6 Å². The van der Waals surface area contributed by atoms with Crippen LogP contribution in [-0.4, -0.2) is 51.3 Å². The van der Waals surface area contributed by atoms with Gasteiger partial charge in [0.25, 0.3) is 0 Å². The van der Waals surface area contributed by atoms with Crippen molar-refractivity contribution in [1.29, 1.82) is 0 Å². The first kappa shape index (κ1) is 21.8. The van der Waals surface area contributed by atoms with Crippen LogP contribution in [-0.2, 0) is 17.8 Å². The fourth-order valence-electron chi connectivity index (χ4n) is 3.59. The summed E-state index contributed by atoms with van der Waals surface area (Å²) in [5.41, 5.74) is 3.04. The maximum Gasteiger partial charge on any atom is 0.238 e. The highest BCUT2D eigenvalue weighted by Gasteiger charge is 2.22. The summed E-state index contributed by atoms with van der Waals surface area (Å²) in [4.78, 5) is 14.8. The number of carbonyl (C=O) groups is 1. The summed E-state index contributed by atoms with van der Waals surface area (Å²) >= 11 is 0. The Hall–Kier alpha value is -2.93. The lowest BCUT2D eigenvalue weighted by Gasteiger charge is -2.29. The van der Waals surface area contributed by atoms with Crippen molar-refractivity contribution in [2.24, 2.45) is 0 Å². The summed E-state index contributed by atoms with van der Waals surface area (Å²) in [6.45, 7) is 6.89. The predicted molar refractivity (Wildman–Crippen MR) is 116 cm³/mol. The van der Waals surface area contributed by atoms with Gasteiger partial charge >= 0.3 is 0 Å². The largest absolute Gasteiger partial charge is 0.497 e. The van der Waals surface area contributed by atoms with Gasteiger partial charge in [-0.25, -0.2) is 0 Å². The standard InChI is InChI=1S/C23H30N2O5/c1-5-29-21-11-16-9-10-25(14-17(16)12-22(21)30-6-2)15-23(26)24-19-8-7-18(27-3)13-20(19)28-4/h7-8,11-13H,5-6,9-10,14-15H2,1-4H3,(H,24,26). The third-order valence-corrected chi connectivity index (χ3v) is 5.01. The fourth-order valence-corrected chi connectivity index (χ4v) is 3.59. The molecule has 2 aromatic carbocycles. The lowest BCUT2D eigenvalue weighted by Crippen LogP contribution is -2.37. The van der Waals surface area contributed by atoms with Crippen LogP contribution >= 0.6 is 0 Å². The summed E-state index contributed by atoms with van der Waals surface area (Å²) in [7, 11) is 3.16. The smallest absolute Gasteiger partial charge is 0.238 e. The van der Waals surface area contributed by atoms with E-state index < -0.39 is 0 Å². The molecule has 1 N–H and O–H groups in total. The molecule has 7 nitrogen and oxygen atoms in total. The van der Waals surface area contributed by atoms with Crippen molar-refractivity contribution < 1.29 is 23.7 Å². The van der Waals surface area contributed by atoms with Gasteiger partial charge in [-0.2, -0.15) is 0 Å². The molecule has 0 saturated heterocycles. The van der Waals surface area contributed by atoms with E-state index in [1.54, 1.807) is 32.4 Å². The van der Waals surface area contributed by atoms with E-state index >= 15 is 0 Å². The molecule has 0 saturated carbocycles. The highest BCUT2D eigenvalue weighted by atomic mass is 16.5. The van der Waals surface area contributed by atoms with E-state index in [1.807, 2.05) is 19.9 Å². The number of hydrogen-bond acceptors (Lipinski definition) is 6. The molecule has 3 rings (SSSR count). The molecule has 0 aliphatic carbocycles. The second-order valence-electron chi connectivity index (χ2n) is 7.01. The summed E-state index contributed by atoms with van der Waals surface area (Å²) in [5.74, 6) is 2.70. The molecule has 30 heavy (non-hydrogen) atoms. The Morgan fingerprint density at radius 3 is 2.30 bits per heavy atom. The molecule has 0 aromatic heterocycles. The SMILES string of the molecule is CCOc1cc2c(cc1OCC)CN(CC(=O)Nc1ccc(OC)cc1OC)CC2. The number of hydrogen-bond donors (Lipinski definition) is 1. The topological polar surface area (TPSA) is 69.3 Å². The van der Waals surface area contributed by atoms with E-state index in [0.717, 1.165) is 24.5 Å². The molecule has 0 unspecified atom stereocenters. The summed E-state index contributed by atoms with van der Waals surface area (Å²) < 4.78 is 22.0. The maximum absolute atomic E-state index is 12.6. The van der Waals surface area contributed by atoms with E-state index in [0.29, 0.717) is 43.5 Å². The molecule has 162 valence electrons. The second kappa shape index (κ2) is 10.2. The van der Waals surface area contributed by atoms with Gasteiger partial charge in [-0.15, -0.1) is 0 Å². The third kappa shape index (κ3) is 5.16. The minimum atomic E-state index is -0.0853. The van der Waals surface area contributed by atoms with Crippen LogP contribution < -0.4 is 24.3 Å². The zero-order valence-corrected chi connectivity index (χ0v) is 18.1. The Kier molecular flexibility index (Phi) is 7.41. The monoisotopic (exact) mass is 414 g/mol. The van der Waals surface area contributed by atoms with Gasteiger partial charge in [-0.3, -0.25) is 9.69 Å². The minimum Gasteiger partial charge on any atom is -0.497 e. The molecule has 0 bridgehead atoms. The average Bonchev–Trinajstić information content (AvgIpc) is 2.75. The first-order valence-electron chi connectivity index (χ1n) is 10.2. The fraction of sp³-hybridized carbons (Fsp3) is 0.435. The first-order chi connectivity index (χ1) is 14.6. The van der Waals surface area contributed by atoms with Crippen LogP contribution in [0.4, 0.5) is 5.69 Å². The zero-order valence-electron chi connectivity index (χ0n) is 18.1. The van der Waals surface area contributed by atoms with Crippen LogP contribution in [0.5, 0.6) is 23.0 Å². The van der Waals surface area contributed by atoms with Crippen molar-refractivity contribution in [1.82, 2.24) is 4.90 Å². The normalized spacial score (nSPS) is 13.3. The van der Waals surface area contributed by atoms with Crippen LogP contribution in [0.25, 0.3) is 0 Å². The Balaban J connectivity index is 1.67. The van der Waals surface area contributed by atoms with Gasteiger partial charge in [-0.05, 0) is 55.7 Å². The van der Waals surface area contributed by atoms with E-state index in [9.17, 15) is 4.79 Å². The Morgan fingerprint density at radius 2 is 1.67 bits per heavy atom. The molecule has 1 heterocycles. The Bertz CT molecular complexity index is 884. The summed E-state index contributed by atoms with van der Waals surface area (Å²) in [6.07, 6.45) is 0.862. The molecule has 1 amide bonds. The molecule has 1 aliphatic rings. The third-order valence-electron chi connectivity index (χ3n) is 5.01. The van der Waals surface area contributed by atoms with Crippen LogP contribution in [0.3, 0.4) is 0 Å². The molecule has 7 heteroatoms. The number of nitrogens with zero attached hydrogens (tertiary/aromatic N) is 1. The summed E-state index contributed by atoms with van der Waals surface area (Å²) in [6, 6.07) is 9.44. The number of benzene rings is 2. The van der Waals surface area contributed by atoms with Crippen LogP contribution in [0, 0.1) is 0 Å². The number of carbonyl (C=O) groups excluding carboxylic acids is 1. The van der Waals surface area contributed by atoms with E-state index in [1.165, 1.54) is 11.1 Å².